The van der Waals surface area contributed by atoms with E-state index in [-0.39, 0.29) is 17.1 Å². The zero-order valence-corrected chi connectivity index (χ0v) is 16.8. The zero-order valence-electron chi connectivity index (χ0n) is 16.8. The minimum atomic E-state index is 0.105. The molecule has 1 spiro atoms. The maximum Gasteiger partial charge on any atom is 0.223 e. The van der Waals surface area contributed by atoms with E-state index in [1.165, 1.54) is 5.56 Å². The van der Waals surface area contributed by atoms with Gasteiger partial charge in [0.15, 0.2) is 0 Å². The van der Waals surface area contributed by atoms with Gasteiger partial charge in [0.1, 0.15) is 0 Å². The van der Waals surface area contributed by atoms with Crippen LogP contribution in [0, 0.1) is 5.41 Å². The van der Waals surface area contributed by atoms with Crippen molar-refractivity contribution < 1.29 is 9.53 Å². The fourth-order valence-corrected chi connectivity index (χ4v) is 4.91. The molecular weight excluding hydrogens is 324 g/mol. The van der Waals surface area contributed by atoms with E-state index < -0.39 is 0 Å². The molecular formula is C22H34N2O2. The van der Waals surface area contributed by atoms with Crippen LogP contribution in [0.25, 0.3) is 0 Å². The molecule has 1 saturated heterocycles. The quantitative estimate of drug-likeness (QED) is 0.778. The molecule has 0 N–H and O–H groups in total. The van der Waals surface area contributed by atoms with Gasteiger partial charge >= 0.3 is 0 Å². The van der Waals surface area contributed by atoms with Crippen molar-refractivity contribution in [1.82, 2.24) is 9.80 Å². The molecule has 2 fully saturated rings. The highest BCUT2D eigenvalue weighted by Gasteiger charge is 2.49. The second-order valence-corrected chi connectivity index (χ2v) is 8.62. The van der Waals surface area contributed by atoms with Crippen LogP contribution in [0.4, 0.5) is 0 Å². The Kier molecular flexibility index (Phi) is 5.73. The molecule has 3 rings (SSSR count). The Labute approximate surface area is 158 Å². The van der Waals surface area contributed by atoms with Crippen LogP contribution in [0.3, 0.4) is 0 Å². The van der Waals surface area contributed by atoms with Crippen LogP contribution < -0.4 is 0 Å². The van der Waals surface area contributed by atoms with Crippen LogP contribution in [0.1, 0.15) is 51.0 Å². The molecule has 2 aliphatic rings. The molecule has 0 radical (unpaired) electrons. The number of benzene rings is 1. The van der Waals surface area contributed by atoms with E-state index in [4.69, 9.17) is 4.74 Å². The van der Waals surface area contributed by atoms with Crippen molar-refractivity contribution in [2.24, 2.45) is 5.41 Å². The number of hydrogen-bond acceptors (Lipinski definition) is 3. The van der Waals surface area contributed by atoms with Gasteiger partial charge in [-0.1, -0.05) is 30.3 Å². The van der Waals surface area contributed by atoms with Crippen LogP contribution in [-0.2, 0) is 15.1 Å². The Bertz CT molecular complexity index is 606. The summed E-state index contributed by atoms with van der Waals surface area (Å²) in [6, 6.07) is 10.9. The fourth-order valence-electron chi connectivity index (χ4n) is 4.91. The summed E-state index contributed by atoms with van der Waals surface area (Å²) in [5.74, 6) is 0.338. The van der Waals surface area contributed by atoms with Crippen molar-refractivity contribution in [1.29, 1.82) is 0 Å². The van der Waals surface area contributed by atoms with Crippen LogP contribution in [0.15, 0.2) is 30.3 Å². The highest BCUT2D eigenvalue weighted by molar-refractivity contribution is 5.79. The monoisotopic (exact) mass is 358 g/mol. The number of hydrogen-bond donors (Lipinski definition) is 0. The molecule has 0 aromatic heterocycles. The van der Waals surface area contributed by atoms with Crippen molar-refractivity contribution >= 4 is 5.91 Å². The second-order valence-electron chi connectivity index (χ2n) is 8.62. The van der Waals surface area contributed by atoms with Crippen LogP contribution in [0.2, 0.25) is 0 Å². The van der Waals surface area contributed by atoms with Gasteiger partial charge < -0.3 is 9.64 Å². The molecule has 1 heterocycles. The standard InChI is InChI=1S/C22H34N2O2/c1-18(26-4)10-15-24-17-21(16-20(24)25)11-13-22(14-12-21,23(2)3)19-8-6-5-7-9-19/h5-9,18H,10-17H2,1-4H3. The van der Waals surface area contributed by atoms with Crippen LogP contribution >= 0.6 is 0 Å². The van der Waals surface area contributed by atoms with E-state index >= 15 is 0 Å². The van der Waals surface area contributed by atoms with Crippen molar-refractivity contribution in [2.75, 3.05) is 34.3 Å². The predicted molar refractivity (Wildman–Crippen MR) is 105 cm³/mol. The van der Waals surface area contributed by atoms with Crippen LogP contribution in [-0.4, -0.2) is 56.1 Å². The lowest BCUT2D eigenvalue weighted by Crippen LogP contribution is -2.47. The molecule has 4 heteroatoms. The lowest BCUT2D eigenvalue weighted by molar-refractivity contribution is -0.128. The molecule has 26 heavy (non-hydrogen) atoms. The van der Waals surface area contributed by atoms with Gasteiger partial charge in [0.25, 0.3) is 0 Å². The third-order valence-electron chi connectivity index (χ3n) is 6.92. The third-order valence-corrected chi connectivity index (χ3v) is 6.92. The van der Waals surface area contributed by atoms with Gasteiger partial charge in [0.05, 0.1) is 6.10 Å². The molecule has 144 valence electrons. The Morgan fingerprint density at radius 1 is 1.15 bits per heavy atom. The van der Waals surface area contributed by atoms with Gasteiger partial charge in [0, 0.05) is 32.2 Å². The molecule has 1 aliphatic heterocycles. The van der Waals surface area contributed by atoms with E-state index in [2.05, 4.69) is 61.2 Å². The Morgan fingerprint density at radius 3 is 2.38 bits per heavy atom. The van der Waals surface area contributed by atoms with E-state index in [0.717, 1.165) is 51.6 Å². The molecule has 1 unspecified atom stereocenters. The summed E-state index contributed by atoms with van der Waals surface area (Å²) in [4.78, 5) is 17.1. The van der Waals surface area contributed by atoms with E-state index in [1.807, 2.05) is 0 Å². The summed E-state index contributed by atoms with van der Waals surface area (Å²) in [5, 5.41) is 0. The number of methoxy groups -OCH3 is 1. The fraction of sp³-hybridized carbons (Fsp3) is 0.682. The average molecular weight is 359 g/mol. The van der Waals surface area contributed by atoms with Crippen molar-refractivity contribution in [2.45, 2.75) is 57.1 Å². The number of carbonyl (C=O) groups is 1. The molecule has 1 saturated carbocycles. The Hall–Kier alpha value is -1.39. The first-order chi connectivity index (χ1) is 12.4. The summed E-state index contributed by atoms with van der Waals surface area (Å²) >= 11 is 0. The minimum Gasteiger partial charge on any atom is -0.382 e. The largest absolute Gasteiger partial charge is 0.382 e. The zero-order chi connectivity index (χ0) is 18.8. The van der Waals surface area contributed by atoms with E-state index in [9.17, 15) is 4.79 Å². The van der Waals surface area contributed by atoms with Gasteiger partial charge in [0.2, 0.25) is 5.91 Å². The first kappa shape index (κ1) is 19.4. The first-order valence-corrected chi connectivity index (χ1v) is 9.94. The van der Waals surface area contributed by atoms with E-state index in [0.29, 0.717) is 5.91 Å². The number of likely N-dealkylation sites (tertiary alicyclic amines) is 1. The summed E-state index contributed by atoms with van der Waals surface area (Å²) in [6.07, 6.45) is 6.37. The predicted octanol–water partition coefficient (Wildman–Crippen LogP) is 3.66. The van der Waals surface area contributed by atoms with Crippen LogP contribution in [0.5, 0.6) is 0 Å². The minimum absolute atomic E-state index is 0.105. The second kappa shape index (κ2) is 7.69. The summed E-state index contributed by atoms with van der Waals surface area (Å²) in [6.45, 7) is 3.83. The van der Waals surface area contributed by atoms with Gasteiger partial charge in [-0.3, -0.25) is 9.69 Å². The average Bonchev–Trinajstić information content (AvgIpc) is 2.96. The Balaban J connectivity index is 1.68. The summed E-state index contributed by atoms with van der Waals surface area (Å²) in [5.41, 5.74) is 1.70. The van der Waals surface area contributed by atoms with Crippen molar-refractivity contribution in [3.05, 3.63) is 35.9 Å². The van der Waals surface area contributed by atoms with Crippen molar-refractivity contribution in [3.63, 3.8) is 0 Å². The van der Waals surface area contributed by atoms with Gasteiger partial charge in [-0.05, 0) is 64.1 Å². The SMILES string of the molecule is COC(C)CCN1CC2(CCC(c3ccccc3)(N(C)C)CC2)CC1=O. The molecule has 1 aliphatic carbocycles. The van der Waals surface area contributed by atoms with E-state index in [1.54, 1.807) is 7.11 Å². The lowest BCUT2D eigenvalue weighted by Gasteiger charge is -2.48. The third kappa shape index (κ3) is 3.67. The normalized spacial score (nSPS) is 30.3. The smallest absolute Gasteiger partial charge is 0.223 e. The highest BCUT2D eigenvalue weighted by Crippen LogP contribution is 2.52. The molecule has 4 nitrogen and oxygen atoms in total. The van der Waals surface area contributed by atoms with Crippen molar-refractivity contribution in [3.8, 4) is 0 Å². The number of rotatable bonds is 6. The number of amides is 1. The maximum atomic E-state index is 12.6. The molecule has 1 atom stereocenters. The molecule has 1 aromatic carbocycles. The number of ether oxygens (including phenoxy) is 1. The highest BCUT2D eigenvalue weighted by atomic mass is 16.5. The first-order valence-electron chi connectivity index (χ1n) is 9.94. The maximum absolute atomic E-state index is 12.6. The lowest BCUT2D eigenvalue weighted by atomic mass is 9.64. The summed E-state index contributed by atoms with van der Waals surface area (Å²) < 4.78 is 5.34. The van der Waals surface area contributed by atoms with Gasteiger partial charge in [-0.15, -0.1) is 0 Å². The molecule has 1 amide bonds. The van der Waals surface area contributed by atoms with Gasteiger partial charge in [-0.2, -0.15) is 0 Å². The van der Waals surface area contributed by atoms with Gasteiger partial charge in [-0.25, -0.2) is 0 Å². The molecule has 1 aromatic rings. The topological polar surface area (TPSA) is 32.8 Å². The summed E-state index contributed by atoms with van der Waals surface area (Å²) in [7, 11) is 6.13. The number of carbonyl (C=O) groups excluding carboxylic acids is 1. The molecule has 0 bridgehead atoms. The Morgan fingerprint density at radius 2 is 1.81 bits per heavy atom. The number of nitrogens with zero attached hydrogens (tertiary/aromatic N) is 2.